The molecule has 0 aromatic carbocycles. The molecule has 0 amide bonds. The SMILES string of the molecule is Cc1csc(Cc2noc(CC(O)C3CCCC3)n2)n1. The van der Waals surface area contributed by atoms with E-state index < -0.39 is 0 Å². The quantitative estimate of drug-likeness (QED) is 0.917. The highest BCUT2D eigenvalue weighted by molar-refractivity contribution is 7.09. The highest BCUT2D eigenvalue weighted by Gasteiger charge is 2.25. The minimum atomic E-state index is -0.354. The fourth-order valence-electron chi connectivity index (χ4n) is 2.75. The lowest BCUT2D eigenvalue weighted by atomic mass is 9.98. The second kappa shape index (κ2) is 6.01. The molecule has 3 rings (SSSR count). The van der Waals surface area contributed by atoms with Gasteiger partial charge in [-0.05, 0) is 25.7 Å². The van der Waals surface area contributed by atoms with Crippen molar-refractivity contribution in [1.29, 1.82) is 0 Å². The molecular weight excluding hydrogens is 274 g/mol. The van der Waals surface area contributed by atoms with E-state index in [1.165, 1.54) is 12.8 Å². The van der Waals surface area contributed by atoms with E-state index in [-0.39, 0.29) is 6.10 Å². The van der Waals surface area contributed by atoms with Crippen LogP contribution >= 0.6 is 11.3 Å². The molecule has 1 atom stereocenters. The van der Waals surface area contributed by atoms with Crippen LogP contribution < -0.4 is 0 Å². The van der Waals surface area contributed by atoms with Crippen LogP contribution in [-0.4, -0.2) is 26.3 Å². The Morgan fingerprint density at radius 2 is 2.20 bits per heavy atom. The molecule has 108 valence electrons. The Labute approximate surface area is 122 Å². The highest BCUT2D eigenvalue weighted by atomic mass is 32.1. The van der Waals surface area contributed by atoms with Crippen molar-refractivity contribution in [3.8, 4) is 0 Å². The molecule has 2 aromatic heterocycles. The lowest BCUT2D eigenvalue weighted by Crippen LogP contribution is -2.20. The van der Waals surface area contributed by atoms with Crippen molar-refractivity contribution in [3.63, 3.8) is 0 Å². The Morgan fingerprint density at radius 1 is 1.40 bits per heavy atom. The van der Waals surface area contributed by atoms with Crippen LogP contribution in [0.25, 0.3) is 0 Å². The third-order valence-electron chi connectivity index (χ3n) is 3.81. The summed E-state index contributed by atoms with van der Waals surface area (Å²) in [6, 6.07) is 0. The first kappa shape index (κ1) is 13.7. The molecule has 1 saturated carbocycles. The van der Waals surface area contributed by atoms with Crippen LogP contribution in [0.5, 0.6) is 0 Å². The minimum Gasteiger partial charge on any atom is -0.392 e. The van der Waals surface area contributed by atoms with Gasteiger partial charge in [0.1, 0.15) is 5.01 Å². The van der Waals surface area contributed by atoms with Crippen molar-refractivity contribution < 1.29 is 9.63 Å². The van der Waals surface area contributed by atoms with Crippen molar-refractivity contribution in [2.24, 2.45) is 5.92 Å². The Kier molecular flexibility index (Phi) is 4.12. The number of aliphatic hydroxyl groups is 1. The van der Waals surface area contributed by atoms with Crippen molar-refractivity contribution in [3.05, 3.63) is 27.8 Å². The maximum absolute atomic E-state index is 10.2. The third-order valence-corrected chi connectivity index (χ3v) is 4.78. The number of rotatable bonds is 5. The van der Waals surface area contributed by atoms with Gasteiger partial charge in [0.2, 0.25) is 5.89 Å². The summed E-state index contributed by atoms with van der Waals surface area (Å²) in [7, 11) is 0. The molecule has 0 saturated heterocycles. The number of hydrogen-bond donors (Lipinski definition) is 1. The Balaban J connectivity index is 1.58. The van der Waals surface area contributed by atoms with Gasteiger partial charge in [-0.25, -0.2) is 4.98 Å². The average Bonchev–Trinajstić information content (AvgIpc) is 3.12. The predicted molar refractivity (Wildman–Crippen MR) is 75.6 cm³/mol. The zero-order chi connectivity index (χ0) is 13.9. The van der Waals surface area contributed by atoms with Gasteiger partial charge in [0, 0.05) is 11.1 Å². The maximum Gasteiger partial charge on any atom is 0.229 e. The van der Waals surface area contributed by atoms with E-state index >= 15 is 0 Å². The van der Waals surface area contributed by atoms with Gasteiger partial charge in [0.05, 0.1) is 18.9 Å². The fraction of sp³-hybridized carbons (Fsp3) is 0.643. The van der Waals surface area contributed by atoms with E-state index in [4.69, 9.17) is 4.52 Å². The summed E-state index contributed by atoms with van der Waals surface area (Å²) < 4.78 is 5.23. The molecule has 6 heteroatoms. The molecule has 1 aliphatic rings. The molecule has 1 aliphatic carbocycles. The topological polar surface area (TPSA) is 72.0 Å². The molecule has 1 N–H and O–H groups in total. The molecule has 2 heterocycles. The van der Waals surface area contributed by atoms with Gasteiger partial charge in [-0.3, -0.25) is 0 Å². The Hall–Kier alpha value is -1.27. The van der Waals surface area contributed by atoms with Crippen LogP contribution in [0, 0.1) is 12.8 Å². The molecule has 0 radical (unpaired) electrons. The number of aliphatic hydroxyl groups excluding tert-OH is 1. The number of aryl methyl sites for hydroxylation is 1. The van der Waals surface area contributed by atoms with Crippen LogP contribution in [0.15, 0.2) is 9.90 Å². The van der Waals surface area contributed by atoms with E-state index in [1.807, 2.05) is 12.3 Å². The highest BCUT2D eigenvalue weighted by Crippen LogP contribution is 2.29. The average molecular weight is 293 g/mol. The fourth-order valence-corrected chi connectivity index (χ4v) is 3.52. The first-order valence-electron chi connectivity index (χ1n) is 7.11. The van der Waals surface area contributed by atoms with Gasteiger partial charge in [-0.2, -0.15) is 4.98 Å². The van der Waals surface area contributed by atoms with Crippen LogP contribution in [0.4, 0.5) is 0 Å². The summed E-state index contributed by atoms with van der Waals surface area (Å²) in [6.07, 6.45) is 5.38. The van der Waals surface area contributed by atoms with Crippen LogP contribution in [0.2, 0.25) is 0 Å². The summed E-state index contributed by atoms with van der Waals surface area (Å²) in [5, 5.41) is 17.1. The first-order chi connectivity index (χ1) is 9.70. The maximum atomic E-state index is 10.2. The zero-order valence-electron chi connectivity index (χ0n) is 11.6. The predicted octanol–water partition coefficient (Wildman–Crippen LogP) is 2.52. The van der Waals surface area contributed by atoms with E-state index in [2.05, 4.69) is 15.1 Å². The van der Waals surface area contributed by atoms with Crippen molar-refractivity contribution in [1.82, 2.24) is 15.1 Å². The summed E-state index contributed by atoms with van der Waals surface area (Å²) >= 11 is 1.61. The van der Waals surface area contributed by atoms with Gasteiger partial charge in [0.15, 0.2) is 5.82 Å². The summed E-state index contributed by atoms with van der Waals surface area (Å²) in [5.74, 6) is 1.58. The molecule has 20 heavy (non-hydrogen) atoms. The summed E-state index contributed by atoms with van der Waals surface area (Å²) in [6.45, 7) is 1.97. The second-order valence-corrected chi connectivity index (χ2v) is 6.42. The van der Waals surface area contributed by atoms with E-state index in [1.54, 1.807) is 11.3 Å². The lowest BCUT2D eigenvalue weighted by Gasteiger charge is -2.14. The second-order valence-electron chi connectivity index (χ2n) is 5.48. The Bertz CT molecular complexity index is 560. The molecule has 0 aliphatic heterocycles. The number of thiazole rings is 1. The standard InChI is InChI=1S/C14H19N3O2S/c1-9-8-20-14(15-9)7-12-16-13(19-17-12)6-11(18)10-4-2-3-5-10/h8,10-11,18H,2-7H2,1H3. The normalized spacial score (nSPS) is 17.7. The molecule has 1 unspecified atom stereocenters. The number of aromatic nitrogens is 3. The number of hydrogen-bond acceptors (Lipinski definition) is 6. The van der Waals surface area contributed by atoms with E-state index in [0.29, 0.717) is 30.5 Å². The number of nitrogens with zero attached hydrogens (tertiary/aromatic N) is 3. The van der Waals surface area contributed by atoms with Crippen molar-refractivity contribution in [2.45, 2.75) is 51.6 Å². The first-order valence-corrected chi connectivity index (χ1v) is 7.99. The summed E-state index contributed by atoms with van der Waals surface area (Å²) in [5.41, 5.74) is 1.02. The lowest BCUT2D eigenvalue weighted by molar-refractivity contribution is 0.102. The molecule has 0 bridgehead atoms. The molecule has 0 spiro atoms. The zero-order valence-corrected chi connectivity index (χ0v) is 12.4. The van der Waals surface area contributed by atoms with Crippen molar-refractivity contribution >= 4 is 11.3 Å². The van der Waals surface area contributed by atoms with Crippen LogP contribution in [0.1, 0.15) is 48.1 Å². The van der Waals surface area contributed by atoms with Gasteiger partial charge in [0.25, 0.3) is 0 Å². The molecular formula is C14H19N3O2S. The van der Waals surface area contributed by atoms with E-state index in [9.17, 15) is 5.11 Å². The van der Waals surface area contributed by atoms with Gasteiger partial charge in [-0.1, -0.05) is 18.0 Å². The minimum absolute atomic E-state index is 0.354. The molecule has 1 fully saturated rings. The van der Waals surface area contributed by atoms with Crippen molar-refractivity contribution in [2.75, 3.05) is 0 Å². The molecule has 5 nitrogen and oxygen atoms in total. The van der Waals surface area contributed by atoms with Crippen LogP contribution in [0.3, 0.4) is 0 Å². The smallest absolute Gasteiger partial charge is 0.229 e. The summed E-state index contributed by atoms with van der Waals surface area (Å²) in [4.78, 5) is 8.74. The van der Waals surface area contributed by atoms with Crippen LogP contribution in [-0.2, 0) is 12.8 Å². The van der Waals surface area contributed by atoms with Gasteiger partial charge < -0.3 is 9.63 Å². The largest absolute Gasteiger partial charge is 0.392 e. The third kappa shape index (κ3) is 3.24. The van der Waals surface area contributed by atoms with Gasteiger partial charge >= 0.3 is 0 Å². The Morgan fingerprint density at radius 3 is 2.90 bits per heavy atom. The van der Waals surface area contributed by atoms with Gasteiger partial charge in [-0.15, -0.1) is 11.3 Å². The monoisotopic (exact) mass is 293 g/mol. The van der Waals surface area contributed by atoms with E-state index in [0.717, 1.165) is 23.5 Å². The molecule has 2 aromatic rings.